The molecule has 2 heterocycles. The zero-order valence-corrected chi connectivity index (χ0v) is 15.3. The second-order valence-corrected chi connectivity index (χ2v) is 6.71. The summed E-state index contributed by atoms with van der Waals surface area (Å²) in [5.74, 6) is -0.126. The number of nitrogens with zero attached hydrogens (tertiary/aromatic N) is 1. The third kappa shape index (κ3) is 3.69. The van der Waals surface area contributed by atoms with Gasteiger partial charge in [-0.25, -0.2) is 4.79 Å². The van der Waals surface area contributed by atoms with Crippen LogP contribution in [0.1, 0.15) is 31.6 Å². The second-order valence-electron chi connectivity index (χ2n) is 6.18. The van der Waals surface area contributed by atoms with Crippen LogP contribution in [0.3, 0.4) is 0 Å². The first-order valence-electron chi connectivity index (χ1n) is 8.07. The molecule has 1 N–H and O–H groups in total. The number of aromatic amines is 1. The van der Waals surface area contributed by atoms with E-state index in [1.807, 2.05) is 0 Å². The van der Waals surface area contributed by atoms with E-state index in [0.29, 0.717) is 5.56 Å². The Balaban J connectivity index is 1.95. The molecule has 1 aromatic heterocycles. The maximum atomic E-state index is 12.3. The van der Waals surface area contributed by atoms with Crippen LogP contribution in [0.4, 0.5) is 0 Å². The van der Waals surface area contributed by atoms with Gasteiger partial charge in [-0.3, -0.25) is 19.1 Å². The maximum Gasteiger partial charge on any atom is 0.330 e. The Hall–Kier alpha value is -1.93. The summed E-state index contributed by atoms with van der Waals surface area (Å²) in [5, 5.41) is 0. The minimum atomic E-state index is -0.512. The molecule has 4 atom stereocenters. The van der Waals surface area contributed by atoms with Crippen LogP contribution in [0.25, 0.3) is 6.08 Å². The van der Waals surface area contributed by atoms with Gasteiger partial charge in [0.2, 0.25) is 0 Å². The van der Waals surface area contributed by atoms with Gasteiger partial charge in [-0.15, -0.1) is 0 Å². The normalized spacial score (nSPS) is 28.2. The van der Waals surface area contributed by atoms with Gasteiger partial charge in [-0.1, -0.05) is 28.1 Å². The summed E-state index contributed by atoms with van der Waals surface area (Å²) in [5.41, 5.74) is -0.610. The van der Waals surface area contributed by atoms with Crippen molar-refractivity contribution in [2.45, 2.75) is 32.1 Å². The molecular formula is C17H19BrN2O5. The highest BCUT2D eigenvalue weighted by Crippen LogP contribution is 2.45. The van der Waals surface area contributed by atoms with Gasteiger partial charge in [-0.05, 0) is 29.8 Å². The standard InChI is InChI=1S/C17H19BrN2O5/c1-10(21)24-9-14-12-4-2-3-5-13(12)16(25-14)20-8-11(6-7-18)15(22)19-17(20)23/h2-3,6-8,12-14,16H,4-5,9H2,1H3,(H,19,22,23)/b7-6+/t12-,13+,14+,16+/m0/s1. The summed E-state index contributed by atoms with van der Waals surface area (Å²) in [6.45, 7) is 1.52. The van der Waals surface area contributed by atoms with E-state index in [2.05, 4.69) is 33.1 Å². The number of allylic oxidation sites excluding steroid dienone is 2. The Morgan fingerprint density at radius 3 is 2.80 bits per heavy atom. The van der Waals surface area contributed by atoms with Crippen molar-refractivity contribution in [3.05, 3.63) is 49.7 Å². The molecular weight excluding hydrogens is 392 g/mol. The van der Waals surface area contributed by atoms with E-state index in [9.17, 15) is 14.4 Å². The van der Waals surface area contributed by atoms with Gasteiger partial charge in [0.1, 0.15) is 12.8 Å². The highest BCUT2D eigenvalue weighted by molar-refractivity contribution is 9.11. The Morgan fingerprint density at radius 2 is 2.12 bits per heavy atom. The fourth-order valence-electron chi connectivity index (χ4n) is 3.50. The van der Waals surface area contributed by atoms with Crippen molar-refractivity contribution in [3.63, 3.8) is 0 Å². The molecule has 0 aromatic carbocycles. The number of hydrogen-bond donors (Lipinski definition) is 1. The zero-order valence-electron chi connectivity index (χ0n) is 13.7. The fraction of sp³-hybridized carbons (Fsp3) is 0.471. The molecule has 0 bridgehead atoms. The Bertz CT molecular complexity index is 825. The quantitative estimate of drug-likeness (QED) is 0.604. The van der Waals surface area contributed by atoms with E-state index in [4.69, 9.17) is 9.47 Å². The summed E-state index contributed by atoms with van der Waals surface area (Å²) in [4.78, 5) is 39.2. The number of halogens is 1. The van der Waals surface area contributed by atoms with E-state index in [0.717, 1.165) is 12.8 Å². The highest BCUT2D eigenvalue weighted by Gasteiger charge is 2.45. The maximum absolute atomic E-state index is 12.3. The van der Waals surface area contributed by atoms with E-state index in [-0.39, 0.29) is 30.5 Å². The van der Waals surface area contributed by atoms with Gasteiger partial charge in [0.05, 0.1) is 11.7 Å². The molecule has 2 aliphatic rings. The third-order valence-electron chi connectivity index (χ3n) is 4.65. The van der Waals surface area contributed by atoms with Crippen LogP contribution >= 0.6 is 15.9 Å². The number of H-pyrrole nitrogens is 1. The summed E-state index contributed by atoms with van der Waals surface area (Å²) in [6.07, 6.45) is 8.01. The zero-order chi connectivity index (χ0) is 18.0. The van der Waals surface area contributed by atoms with Gasteiger partial charge in [0.15, 0.2) is 0 Å². The van der Waals surface area contributed by atoms with Crippen molar-refractivity contribution in [3.8, 4) is 0 Å². The second kappa shape index (κ2) is 7.53. The van der Waals surface area contributed by atoms with Crippen molar-refractivity contribution in [2.24, 2.45) is 11.8 Å². The van der Waals surface area contributed by atoms with Crippen LogP contribution in [0.2, 0.25) is 0 Å². The molecule has 0 saturated carbocycles. The molecule has 1 aromatic rings. The first-order valence-corrected chi connectivity index (χ1v) is 8.99. The molecule has 7 nitrogen and oxygen atoms in total. The minimum Gasteiger partial charge on any atom is -0.463 e. The topological polar surface area (TPSA) is 90.4 Å². The lowest BCUT2D eigenvalue weighted by Crippen LogP contribution is -2.35. The lowest BCUT2D eigenvalue weighted by Gasteiger charge is -2.25. The van der Waals surface area contributed by atoms with Gasteiger partial charge in [-0.2, -0.15) is 0 Å². The van der Waals surface area contributed by atoms with Crippen molar-refractivity contribution in [1.29, 1.82) is 0 Å². The van der Waals surface area contributed by atoms with Crippen molar-refractivity contribution >= 4 is 28.0 Å². The number of aromatic nitrogens is 2. The number of ether oxygens (including phenoxy) is 2. The van der Waals surface area contributed by atoms with Crippen LogP contribution in [0, 0.1) is 11.8 Å². The van der Waals surface area contributed by atoms with Crippen LogP contribution in [0.5, 0.6) is 0 Å². The lowest BCUT2D eigenvalue weighted by molar-refractivity contribution is -0.146. The Kier molecular flexibility index (Phi) is 5.39. The average molecular weight is 411 g/mol. The smallest absolute Gasteiger partial charge is 0.330 e. The number of carbonyl (C=O) groups excluding carboxylic acids is 1. The van der Waals surface area contributed by atoms with Crippen molar-refractivity contribution in [2.75, 3.05) is 6.61 Å². The molecule has 0 unspecified atom stereocenters. The van der Waals surface area contributed by atoms with Crippen LogP contribution in [-0.4, -0.2) is 28.2 Å². The van der Waals surface area contributed by atoms with E-state index >= 15 is 0 Å². The first kappa shape index (κ1) is 17.9. The molecule has 0 amide bonds. The van der Waals surface area contributed by atoms with Crippen LogP contribution in [0.15, 0.2) is 32.9 Å². The predicted molar refractivity (Wildman–Crippen MR) is 95.2 cm³/mol. The summed E-state index contributed by atoms with van der Waals surface area (Å²) in [6, 6.07) is 0. The van der Waals surface area contributed by atoms with E-state index in [1.165, 1.54) is 17.7 Å². The van der Waals surface area contributed by atoms with Crippen LogP contribution in [-0.2, 0) is 14.3 Å². The summed E-state index contributed by atoms with van der Waals surface area (Å²) < 4.78 is 12.6. The summed E-state index contributed by atoms with van der Waals surface area (Å²) in [7, 11) is 0. The van der Waals surface area contributed by atoms with Gasteiger partial charge in [0, 0.05) is 19.0 Å². The molecule has 1 aliphatic heterocycles. The van der Waals surface area contributed by atoms with Crippen molar-refractivity contribution in [1.82, 2.24) is 9.55 Å². The number of carbonyl (C=O) groups is 1. The number of hydrogen-bond acceptors (Lipinski definition) is 5. The van der Waals surface area contributed by atoms with E-state index < -0.39 is 17.5 Å². The number of fused-ring (bicyclic) bond motifs is 1. The Morgan fingerprint density at radius 1 is 1.40 bits per heavy atom. The highest BCUT2D eigenvalue weighted by atomic mass is 79.9. The monoisotopic (exact) mass is 410 g/mol. The van der Waals surface area contributed by atoms with E-state index in [1.54, 1.807) is 11.1 Å². The van der Waals surface area contributed by atoms with Crippen LogP contribution < -0.4 is 11.2 Å². The van der Waals surface area contributed by atoms with Crippen molar-refractivity contribution < 1.29 is 14.3 Å². The molecule has 8 heteroatoms. The summed E-state index contributed by atoms with van der Waals surface area (Å²) >= 11 is 3.14. The average Bonchev–Trinajstić information content (AvgIpc) is 2.94. The number of esters is 1. The Labute approximate surface area is 152 Å². The SMILES string of the molecule is CC(=O)OC[C@H]1O[C@@H](n2cc(/C=C/Br)c(=O)[nH]c2=O)[C@@H]2CC=CC[C@@H]21. The predicted octanol–water partition coefficient (Wildman–Crippen LogP) is 1.95. The molecule has 0 spiro atoms. The minimum absolute atomic E-state index is 0.0787. The van der Waals surface area contributed by atoms with Gasteiger partial charge < -0.3 is 9.47 Å². The molecule has 1 aliphatic carbocycles. The lowest BCUT2D eigenvalue weighted by atomic mass is 9.81. The largest absolute Gasteiger partial charge is 0.463 e. The first-order chi connectivity index (χ1) is 12.0. The third-order valence-corrected chi connectivity index (χ3v) is 4.92. The number of rotatable bonds is 4. The van der Waals surface area contributed by atoms with Gasteiger partial charge in [0.25, 0.3) is 5.56 Å². The fourth-order valence-corrected chi connectivity index (χ4v) is 3.79. The van der Waals surface area contributed by atoms with Gasteiger partial charge >= 0.3 is 11.7 Å². The molecule has 134 valence electrons. The number of nitrogens with one attached hydrogen (secondary N) is 1. The molecule has 0 radical (unpaired) electrons. The molecule has 25 heavy (non-hydrogen) atoms. The molecule has 1 fully saturated rings. The molecule has 1 saturated heterocycles. The molecule has 3 rings (SSSR count).